The summed E-state index contributed by atoms with van der Waals surface area (Å²) in [5, 5.41) is 35.0. The highest BCUT2D eigenvalue weighted by Crippen LogP contribution is 2.48. The zero-order valence-corrected chi connectivity index (χ0v) is 35.7. The van der Waals surface area contributed by atoms with Gasteiger partial charge in [-0.1, -0.05) is 27.7 Å². The molecule has 0 aromatic rings. The Morgan fingerprint density at radius 2 is 1.64 bits per heavy atom. The molecule has 318 valence electrons. The molecule has 4 heterocycles. The van der Waals surface area contributed by atoms with Crippen LogP contribution in [0.25, 0.3) is 0 Å². The van der Waals surface area contributed by atoms with E-state index >= 15 is 0 Å². The molecule has 4 rings (SSSR count). The highest BCUT2D eigenvalue weighted by molar-refractivity contribution is 5.73. The number of aliphatic hydroxyl groups is 3. The Labute approximate surface area is 328 Å². The second-order valence-electron chi connectivity index (χ2n) is 17.6. The molecule has 0 radical (unpaired) electrons. The van der Waals surface area contributed by atoms with Crippen LogP contribution in [0.5, 0.6) is 0 Å². The van der Waals surface area contributed by atoms with Gasteiger partial charge in [0.15, 0.2) is 12.6 Å². The zero-order valence-electron chi connectivity index (χ0n) is 35.7. The minimum Gasteiger partial charge on any atom is -0.488 e. The average Bonchev–Trinajstić information content (AvgIpc) is 3.43. The number of nitrogens with zero attached hydrogens (tertiary/aromatic N) is 1. The molecule has 3 fully saturated rings. The lowest BCUT2D eigenvalue weighted by atomic mass is 9.78. The maximum atomic E-state index is 14.4. The van der Waals surface area contributed by atoms with Gasteiger partial charge in [-0.2, -0.15) is 0 Å². The van der Waals surface area contributed by atoms with Crippen LogP contribution in [-0.4, -0.2) is 138 Å². The summed E-state index contributed by atoms with van der Waals surface area (Å²) in [4.78, 5) is 29.5. The number of ether oxygens (including phenoxy) is 8. The van der Waals surface area contributed by atoms with Crippen LogP contribution in [0.1, 0.15) is 115 Å². The fraction of sp³-hybridized carbons (Fsp3) is 0.902. The Morgan fingerprint density at radius 3 is 2.22 bits per heavy atom. The molecule has 2 unspecified atom stereocenters. The topological polar surface area (TPSA) is 172 Å². The SMILES string of the molecule is CCCC(=O)OC1C(C)C2=C(C)C[C@@](C)(O2)[C@H](O[C@@H]2O[C@H](C)C[C@H](N(C)C)[C@H]2O)[C@@H](C)[C@H](O[C@H]2C[C@@](C)(OC)[C@@H](O)[C@H](C)O2)[C@@H](C)C(=O)O[C@H](CC)[C@@]1(C)O. The molecule has 4 aliphatic rings. The molecule has 0 aromatic carbocycles. The molecule has 17 atom stereocenters. The first-order valence-corrected chi connectivity index (χ1v) is 20.3. The molecule has 55 heavy (non-hydrogen) atoms. The third-order valence-corrected chi connectivity index (χ3v) is 12.6. The second kappa shape index (κ2) is 17.9. The quantitative estimate of drug-likeness (QED) is 0.269. The Morgan fingerprint density at radius 1 is 0.982 bits per heavy atom. The van der Waals surface area contributed by atoms with E-state index < -0.39 is 102 Å². The number of carbonyl (C=O) groups excluding carboxylic acids is 2. The molecule has 14 nitrogen and oxygen atoms in total. The van der Waals surface area contributed by atoms with E-state index in [0.29, 0.717) is 25.0 Å². The normalized spacial score (nSPS) is 46.0. The number of hydrogen-bond donors (Lipinski definition) is 3. The summed E-state index contributed by atoms with van der Waals surface area (Å²) in [5.74, 6) is -2.86. The third kappa shape index (κ3) is 9.54. The lowest BCUT2D eigenvalue weighted by Crippen LogP contribution is -2.60. The van der Waals surface area contributed by atoms with Gasteiger partial charge in [0.1, 0.15) is 47.5 Å². The number of fused-ring (bicyclic) bond motifs is 2. The molecule has 14 heteroatoms. The van der Waals surface area contributed by atoms with Crippen molar-refractivity contribution in [3.63, 3.8) is 0 Å². The molecule has 0 aromatic heterocycles. The predicted octanol–water partition coefficient (Wildman–Crippen LogP) is 4.24. The molecule has 0 spiro atoms. The van der Waals surface area contributed by atoms with Crippen molar-refractivity contribution < 1.29 is 62.8 Å². The van der Waals surface area contributed by atoms with E-state index in [2.05, 4.69) is 0 Å². The van der Waals surface area contributed by atoms with Crippen LogP contribution in [0.15, 0.2) is 11.3 Å². The maximum Gasteiger partial charge on any atom is 0.311 e. The van der Waals surface area contributed by atoms with Gasteiger partial charge in [0.05, 0.1) is 35.7 Å². The van der Waals surface area contributed by atoms with Crippen LogP contribution in [0.3, 0.4) is 0 Å². The standard InChI is InChI=1S/C41H71NO13/c1-15-17-29(43)52-36-23(5)32-21(3)19-40(10,55-32)35(54-38-31(44)27(42(12)13)18-22(4)49-38)24(6)33(25(7)37(46)51-28(16-2)41(36,11)47)53-30-20-39(9,48-14)34(45)26(8)50-30/h22-28,30-31,33-36,38,44-45,47H,15-20H2,1-14H3/t22-,23?,24+,25-,26+,27+,28-,30+,31-,33+,34+,35-,36?,38+,39-,40-,41-/m1/s1. The van der Waals surface area contributed by atoms with Crippen LogP contribution >= 0.6 is 0 Å². The molecule has 0 amide bonds. The maximum absolute atomic E-state index is 14.4. The molecular weight excluding hydrogens is 714 g/mol. The summed E-state index contributed by atoms with van der Waals surface area (Å²) < 4.78 is 51.3. The van der Waals surface area contributed by atoms with E-state index in [1.807, 2.05) is 60.5 Å². The van der Waals surface area contributed by atoms with Gasteiger partial charge in [0, 0.05) is 38.3 Å². The van der Waals surface area contributed by atoms with Gasteiger partial charge in [0.2, 0.25) is 0 Å². The van der Waals surface area contributed by atoms with Gasteiger partial charge in [0.25, 0.3) is 0 Å². The number of carbonyl (C=O) groups is 2. The van der Waals surface area contributed by atoms with E-state index in [1.165, 1.54) is 14.0 Å². The lowest BCUT2D eigenvalue weighted by molar-refractivity contribution is -0.316. The molecule has 4 aliphatic heterocycles. The first kappa shape index (κ1) is 45.8. The number of rotatable bonds is 10. The van der Waals surface area contributed by atoms with Crippen molar-refractivity contribution in [1.29, 1.82) is 0 Å². The van der Waals surface area contributed by atoms with Gasteiger partial charge >= 0.3 is 11.9 Å². The first-order valence-electron chi connectivity index (χ1n) is 20.3. The van der Waals surface area contributed by atoms with E-state index in [4.69, 9.17) is 37.9 Å². The van der Waals surface area contributed by atoms with Crippen LogP contribution < -0.4 is 0 Å². The molecule has 2 bridgehead atoms. The summed E-state index contributed by atoms with van der Waals surface area (Å²) in [6.07, 6.45) is -6.79. The fourth-order valence-corrected chi connectivity index (χ4v) is 9.34. The summed E-state index contributed by atoms with van der Waals surface area (Å²) in [7, 11) is 5.33. The average molecular weight is 786 g/mol. The van der Waals surface area contributed by atoms with Crippen LogP contribution in [-0.2, 0) is 47.5 Å². The van der Waals surface area contributed by atoms with E-state index in [-0.39, 0.29) is 31.4 Å². The van der Waals surface area contributed by atoms with Gasteiger partial charge in [-0.15, -0.1) is 0 Å². The third-order valence-electron chi connectivity index (χ3n) is 12.6. The highest BCUT2D eigenvalue weighted by atomic mass is 16.7. The van der Waals surface area contributed by atoms with Gasteiger partial charge in [-0.25, -0.2) is 0 Å². The van der Waals surface area contributed by atoms with Crippen molar-refractivity contribution in [2.75, 3.05) is 21.2 Å². The van der Waals surface area contributed by atoms with Crippen molar-refractivity contribution in [3.8, 4) is 0 Å². The van der Waals surface area contributed by atoms with Crippen molar-refractivity contribution >= 4 is 11.9 Å². The first-order chi connectivity index (χ1) is 25.5. The molecule has 3 saturated heterocycles. The Kier molecular flexibility index (Phi) is 14.9. The zero-order chi connectivity index (χ0) is 41.4. The monoisotopic (exact) mass is 785 g/mol. The summed E-state index contributed by atoms with van der Waals surface area (Å²) in [5.41, 5.74) is -3.08. The highest BCUT2D eigenvalue weighted by Gasteiger charge is 2.57. The van der Waals surface area contributed by atoms with Crippen LogP contribution in [0.4, 0.5) is 0 Å². The fourth-order valence-electron chi connectivity index (χ4n) is 9.34. The number of cyclic esters (lactones) is 1. The van der Waals surface area contributed by atoms with E-state index in [0.717, 1.165) is 5.57 Å². The van der Waals surface area contributed by atoms with Crippen molar-refractivity contribution in [2.45, 2.75) is 199 Å². The molecule has 0 saturated carbocycles. The number of likely N-dealkylation sites (N-methyl/N-ethyl adjacent to an activating group) is 1. The van der Waals surface area contributed by atoms with Crippen LogP contribution in [0.2, 0.25) is 0 Å². The lowest BCUT2D eigenvalue weighted by Gasteiger charge is -2.48. The van der Waals surface area contributed by atoms with Gasteiger partial charge < -0.3 is 58.1 Å². The van der Waals surface area contributed by atoms with Crippen LogP contribution in [0, 0.1) is 17.8 Å². The minimum atomic E-state index is -1.83. The van der Waals surface area contributed by atoms with E-state index in [1.54, 1.807) is 27.7 Å². The van der Waals surface area contributed by atoms with Gasteiger partial charge in [-0.3, -0.25) is 9.59 Å². The van der Waals surface area contributed by atoms with E-state index in [9.17, 15) is 24.9 Å². The molecule has 3 N–H and O–H groups in total. The smallest absolute Gasteiger partial charge is 0.311 e. The Balaban J connectivity index is 1.88. The molecule has 0 aliphatic carbocycles. The van der Waals surface area contributed by atoms with Crippen molar-refractivity contribution in [3.05, 3.63) is 11.3 Å². The largest absolute Gasteiger partial charge is 0.488 e. The Bertz CT molecular complexity index is 1360. The Hall–Kier alpha value is -1.88. The number of esters is 2. The number of methoxy groups -OCH3 is 1. The second-order valence-corrected chi connectivity index (χ2v) is 17.6. The summed E-state index contributed by atoms with van der Waals surface area (Å²) in [6, 6.07) is -0.255. The minimum absolute atomic E-state index is 0.146. The predicted molar refractivity (Wildman–Crippen MR) is 202 cm³/mol. The number of aliphatic hydroxyl groups excluding tert-OH is 2. The number of hydrogen-bond acceptors (Lipinski definition) is 14. The van der Waals surface area contributed by atoms with Gasteiger partial charge in [-0.05, 0) is 87.4 Å². The van der Waals surface area contributed by atoms with Crippen molar-refractivity contribution in [1.82, 2.24) is 4.90 Å². The van der Waals surface area contributed by atoms with Crippen molar-refractivity contribution in [2.24, 2.45) is 17.8 Å². The molecular formula is C41H71NO13. The summed E-state index contributed by atoms with van der Waals surface area (Å²) >= 11 is 0. The summed E-state index contributed by atoms with van der Waals surface area (Å²) in [6.45, 7) is 20.0.